The molecular weight excluding hydrogens is 234 g/mol. The van der Waals surface area contributed by atoms with Gasteiger partial charge in [0.15, 0.2) is 0 Å². The molecule has 0 aliphatic heterocycles. The SMILES string of the molecule is CCC1(C)C(NC)CC1Oc1ccc(Cl)cc1. The monoisotopic (exact) mass is 253 g/mol. The van der Waals surface area contributed by atoms with Gasteiger partial charge < -0.3 is 10.1 Å². The van der Waals surface area contributed by atoms with Gasteiger partial charge in [0.05, 0.1) is 0 Å². The van der Waals surface area contributed by atoms with E-state index in [-0.39, 0.29) is 5.41 Å². The molecular formula is C14H20ClNO. The molecule has 0 spiro atoms. The minimum Gasteiger partial charge on any atom is -0.490 e. The fraction of sp³-hybridized carbons (Fsp3) is 0.571. The third-order valence-electron chi connectivity index (χ3n) is 4.18. The third-order valence-corrected chi connectivity index (χ3v) is 4.44. The summed E-state index contributed by atoms with van der Waals surface area (Å²) < 4.78 is 6.05. The van der Waals surface area contributed by atoms with Crippen molar-refractivity contribution < 1.29 is 4.74 Å². The Labute approximate surface area is 108 Å². The van der Waals surface area contributed by atoms with E-state index in [1.54, 1.807) is 0 Å². The highest BCUT2D eigenvalue weighted by atomic mass is 35.5. The summed E-state index contributed by atoms with van der Waals surface area (Å²) in [4.78, 5) is 0. The molecule has 1 aromatic rings. The second kappa shape index (κ2) is 4.87. The molecule has 2 rings (SSSR count). The van der Waals surface area contributed by atoms with Crippen LogP contribution in [0, 0.1) is 5.41 Å². The minimum atomic E-state index is 0.231. The fourth-order valence-electron chi connectivity index (χ4n) is 2.60. The van der Waals surface area contributed by atoms with E-state index in [1.807, 2.05) is 31.3 Å². The van der Waals surface area contributed by atoms with Crippen LogP contribution < -0.4 is 10.1 Å². The molecule has 1 aliphatic carbocycles. The Balaban J connectivity index is 2.03. The Morgan fingerprint density at radius 3 is 2.59 bits per heavy atom. The Hall–Kier alpha value is -0.730. The van der Waals surface area contributed by atoms with Gasteiger partial charge in [0.25, 0.3) is 0 Å². The molecule has 1 aliphatic rings. The van der Waals surface area contributed by atoms with Gasteiger partial charge in [0.1, 0.15) is 11.9 Å². The van der Waals surface area contributed by atoms with Crippen LogP contribution in [0.2, 0.25) is 5.02 Å². The molecule has 0 heterocycles. The van der Waals surface area contributed by atoms with Crippen LogP contribution in [0.5, 0.6) is 5.75 Å². The van der Waals surface area contributed by atoms with Crippen LogP contribution in [0.15, 0.2) is 24.3 Å². The lowest BCUT2D eigenvalue weighted by Crippen LogP contribution is -2.62. The zero-order chi connectivity index (χ0) is 12.5. The second-order valence-electron chi connectivity index (χ2n) is 5.00. The van der Waals surface area contributed by atoms with Gasteiger partial charge in [-0.1, -0.05) is 25.4 Å². The number of halogens is 1. The van der Waals surface area contributed by atoms with Gasteiger partial charge in [-0.15, -0.1) is 0 Å². The van der Waals surface area contributed by atoms with E-state index in [9.17, 15) is 0 Å². The quantitative estimate of drug-likeness (QED) is 0.887. The summed E-state index contributed by atoms with van der Waals surface area (Å²) in [6.45, 7) is 4.51. The van der Waals surface area contributed by atoms with Crippen LogP contribution in [-0.2, 0) is 0 Å². The standard InChI is InChI=1S/C14H20ClNO/c1-4-14(2)12(16-3)9-13(14)17-11-7-5-10(15)6-8-11/h5-8,12-13,16H,4,9H2,1-3H3. The molecule has 1 N–H and O–H groups in total. The van der Waals surface area contributed by atoms with Crippen LogP contribution in [0.1, 0.15) is 26.7 Å². The topological polar surface area (TPSA) is 21.3 Å². The average Bonchev–Trinajstić information content (AvgIpc) is 2.35. The second-order valence-corrected chi connectivity index (χ2v) is 5.43. The van der Waals surface area contributed by atoms with E-state index in [4.69, 9.17) is 16.3 Å². The highest BCUT2D eigenvalue weighted by Crippen LogP contribution is 2.45. The van der Waals surface area contributed by atoms with Crippen molar-refractivity contribution in [1.29, 1.82) is 0 Å². The predicted molar refractivity (Wildman–Crippen MR) is 71.7 cm³/mol. The van der Waals surface area contributed by atoms with Crippen molar-refractivity contribution in [3.63, 3.8) is 0 Å². The number of rotatable bonds is 4. The zero-order valence-corrected chi connectivity index (χ0v) is 11.4. The molecule has 3 heteroatoms. The van der Waals surface area contributed by atoms with E-state index in [2.05, 4.69) is 19.2 Å². The molecule has 3 atom stereocenters. The normalized spacial score (nSPS) is 32.0. The molecule has 0 aromatic heterocycles. The molecule has 0 bridgehead atoms. The number of hydrogen-bond donors (Lipinski definition) is 1. The molecule has 17 heavy (non-hydrogen) atoms. The molecule has 3 unspecified atom stereocenters. The summed E-state index contributed by atoms with van der Waals surface area (Å²) in [5.41, 5.74) is 0.231. The molecule has 94 valence electrons. The lowest BCUT2D eigenvalue weighted by atomic mass is 9.61. The summed E-state index contributed by atoms with van der Waals surface area (Å²) in [5, 5.41) is 4.11. The van der Waals surface area contributed by atoms with Crippen LogP contribution >= 0.6 is 11.6 Å². The molecule has 0 radical (unpaired) electrons. The number of nitrogens with one attached hydrogen (secondary N) is 1. The Morgan fingerprint density at radius 1 is 1.41 bits per heavy atom. The molecule has 1 saturated carbocycles. The first-order valence-corrected chi connectivity index (χ1v) is 6.57. The lowest BCUT2D eigenvalue weighted by Gasteiger charge is -2.53. The first-order valence-electron chi connectivity index (χ1n) is 6.19. The zero-order valence-electron chi connectivity index (χ0n) is 10.7. The number of hydrogen-bond acceptors (Lipinski definition) is 2. The van der Waals surface area contributed by atoms with E-state index in [1.165, 1.54) is 0 Å². The van der Waals surface area contributed by atoms with Gasteiger partial charge in [-0.25, -0.2) is 0 Å². The summed E-state index contributed by atoms with van der Waals surface area (Å²) in [5.74, 6) is 0.911. The maximum absolute atomic E-state index is 6.05. The lowest BCUT2D eigenvalue weighted by molar-refractivity contribution is -0.0677. The summed E-state index contributed by atoms with van der Waals surface area (Å²) in [6, 6.07) is 8.17. The van der Waals surface area contributed by atoms with Crippen molar-refractivity contribution in [1.82, 2.24) is 5.32 Å². The third kappa shape index (κ3) is 2.29. The van der Waals surface area contributed by atoms with Crippen molar-refractivity contribution >= 4 is 11.6 Å². The number of benzene rings is 1. The average molecular weight is 254 g/mol. The highest BCUT2D eigenvalue weighted by Gasteiger charge is 2.51. The highest BCUT2D eigenvalue weighted by molar-refractivity contribution is 6.30. The van der Waals surface area contributed by atoms with Gasteiger partial charge in [0, 0.05) is 22.9 Å². The van der Waals surface area contributed by atoms with Crippen molar-refractivity contribution in [2.24, 2.45) is 5.41 Å². The van der Waals surface area contributed by atoms with Crippen molar-refractivity contribution in [3.05, 3.63) is 29.3 Å². The summed E-state index contributed by atoms with van der Waals surface area (Å²) in [7, 11) is 2.02. The first-order chi connectivity index (χ1) is 8.10. The Kier molecular flexibility index (Phi) is 3.64. The molecule has 1 aromatic carbocycles. The van der Waals surface area contributed by atoms with Gasteiger partial charge in [-0.3, -0.25) is 0 Å². The molecule has 2 nitrogen and oxygen atoms in total. The Bertz CT molecular complexity index is 378. The fourth-order valence-corrected chi connectivity index (χ4v) is 2.72. The van der Waals surface area contributed by atoms with E-state index in [0.717, 1.165) is 23.6 Å². The van der Waals surface area contributed by atoms with Crippen LogP contribution in [0.4, 0.5) is 0 Å². The van der Waals surface area contributed by atoms with Gasteiger partial charge in [0.2, 0.25) is 0 Å². The largest absolute Gasteiger partial charge is 0.490 e. The summed E-state index contributed by atoms with van der Waals surface area (Å²) in [6.07, 6.45) is 2.49. The van der Waals surface area contributed by atoms with Crippen LogP contribution in [-0.4, -0.2) is 19.2 Å². The van der Waals surface area contributed by atoms with E-state index >= 15 is 0 Å². The van der Waals surface area contributed by atoms with Crippen molar-refractivity contribution in [3.8, 4) is 5.75 Å². The molecule has 0 amide bonds. The summed E-state index contributed by atoms with van der Waals surface area (Å²) >= 11 is 5.86. The first kappa shape index (κ1) is 12.7. The van der Waals surface area contributed by atoms with Crippen molar-refractivity contribution in [2.75, 3.05) is 7.05 Å². The smallest absolute Gasteiger partial charge is 0.119 e. The molecule has 0 saturated heterocycles. The maximum atomic E-state index is 6.05. The van der Waals surface area contributed by atoms with Gasteiger partial charge in [-0.05, 0) is 37.7 Å². The predicted octanol–water partition coefficient (Wildman–Crippen LogP) is 3.50. The van der Waals surface area contributed by atoms with Crippen molar-refractivity contribution in [2.45, 2.75) is 38.8 Å². The Morgan fingerprint density at radius 2 is 2.06 bits per heavy atom. The van der Waals surface area contributed by atoms with E-state index < -0.39 is 0 Å². The van der Waals surface area contributed by atoms with Gasteiger partial charge in [-0.2, -0.15) is 0 Å². The minimum absolute atomic E-state index is 0.231. The van der Waals surface area contributed by atoms with Crippen LogP contribution in [0.3, 0.4) is 0 Å². The molecule has 1 fully saturated rings. The van der Waals surface area contributed by atoms with Crippen LogP contribution in [0.25, 0.3) is 0 Å². The van der Waals surface area contributed by atoms with E-state index in [0.29, 0.717) is 12.1 Å². The number of ether oxygens (including phenoxy) is 1. The maximum Gasteiger partial charge on any atom is 0.119 e. The van der Waals surface area contributed by atoms with Gasteiger partial charge >= 0.3 is 0 Å².